The van der Waals surface area contributed by atoms with Gasteiger partial charge in [0.1, 0.15) is 5.65 Å². The molecule has 1 aliphatic rings. The van der Waals surface area contributed by atoms with E-state index in [2.05, 4.69) is 21.4 Å². The van der Waals surface area contributed by atoms with Crippen LogP contribution in [0.25, 0.3) is 22.7 Å². The molecule has 1 saturated carbocycles. The maximum Gasteiger partial charge on any atom is 0.336 e. The Morgan fingerprint density at radius 1 is 1.19 bits per heavy atom. The van der Waals surface area contributed by atoms with Gasteiger partial charge in [-0.25, -0.2) is 9.78 Å². The van der Waals surface area contributed by atoms with E-state index >= 15 is 0 Å². The maximum absolute atomic E-state index is 11.8. The van der Waals surface area contributed by atoms with Crippen LogP contribution in [0.4, 0.5) is 5.69 Å². The molecule has 5 heteroatoms. The summed E-state index contributed by atoms with van der Waals surface area (Å²) >= 11 is 0. The van der Waals surface area contributed by atoms with Crippen molar-refractivity contribution >= 4 is 34.3 Å². The van der Waals surface area contributed by atoms with Crippen molar-refractivity contribution in [2.45, 2.75) is 38.1 Å². The van der Waals surface area contributed by atoms with Gasteiger partial charge < -0.3 is 15.4 Å². The summed E-state index contributed by atoms with van der Waals surface area (Å²) in [4.78, 5) is 19.4. The van der Waals surface area contributed by atoms with Crippen LogP contribution in [0, 0.1) is 0 Å². The number of nitrogens with zero attached hydrogens (tertiary/aromatic N) is 1. The molecule has 2 aromatic heterocycles. The molecule has 3 aromatic rings. The van der Waals surface area contributed by atoms with Crippen LogP contribution >= 0.6 is 0 Å². The molecular weight excluding hydrogens is 338 g/mol. The summed E-state index contributed by atoms with van der Waals surface area (Å²) in [5, 5.41) is 14.2. The van der Waals surface area contributed by atoms with Crippen molar-refractivity contribution in [2.75, 3.05) is 5.32 Å². The van der Waals surface area contributed by atoms with Crippen LogP contribution in [0.5, 0.6) is 0 Å². The molecule has 4 rings (SSSR count). The Kier molecular flexibility index (Phi) is 4.92. The molecule has 0 unspecified atom stereocenters. The van der Waals surface area contributed by atoms with E-state index in [1.807, 2.05) is 42.7 Å². The van der Waals surface area contributed by atoms with E-state index < -0.39 is 5.97 Å². The lowest BCUT2D eigenvalue weighted by molar-refractivity contribution is -0.130. The second kappa shape index (κ2) is 7.66. The minimum atomic E-state index is -0.944. The van der Waals surface area contributed by atoms with Gasteiger partial charge in [-0.05, 0) is 30.5 Å². The lowest BCUT2D eigenvalue weighted by Gasteiger charge is -2.23. The second-order valence-electron chi connectivity index (χ2n) is 7.07. The molecule has 0 aliphatic heterocycles. The van der Waals surface area contributed by atoms with Crippen LogP contribution in [0.1, 0.15) is 43.2 Å². The zero-order chi connectivity index (χ0) is 18.6. The molecule has 1 aliphatic carbocycles. The summed E-state index contributed by atoms with van der Waals surface area (Å²) in [5.41, 5.74) is 3.52. The van der Waals surface area contributed by atoms with Crippen molar-refractivity contribution in [3.05, 3.63) is 59.9 Å². The summed E-state index contributed by atoms with van der Waals surface area (Å²) in [5.74, 6) is -0.944. The summed E-state index contributed by atoms with van der Waals surface area (Å²) < 4.78 is 0. The maximum atomic E-state index is 11.8. The SMILES string of the molecule is O=C(O)C(=Cc1c[nH]c2ncc(NC3CCCCC3)cc12)c1ccccc1. The lowest BCUT2D eigenvalue weighted by Crippen LogP contribution is -2.22. The number of aromatic amines is 1. The topological polar surface area (TPSA) is 78.0 Å². The monoisotopic (exact) mass is 361 g/mol. The van der Waals surface area contributed by atoms with Crippen molar-refractivity contribution in [2.24, 2.45) is 0 Å². The highest BCUT2D eigenvalue weighted by atomic mass is 16.4. The molecule has 0 amide bonds. The highest BCUT2D eigenvalue weighted by Gasteiger charge is 2.15. The van der Waals surface area contributed by atoms with Gasteiger partial charge >= 0.3 is 5.97 Å². The van der Waals surface area contributed by atoms with Gasteiger partial charge in [-0.1, -0.05) is 49.6 Å². The normalized spacial score (nSPS) is 15.8. The average molecular weight is 361 g/mol. The zero-order valence-electron chi connectivity index (χ0n) is 15.1. The Morgan fingerprint density at radius 2 is 1.96 bits per heavy atom. The van der Waals surface area contributed by atoms with Gasteiger partial charge in [0.15, 0.2) is 0 Å². The van der Waals surface area contributed by atoms with Crippen molar-refractivity contribution < 1.29 is 9.90 Å². The van der Waals surface area contributed by atoms with Crippen molar-refractivity contribution in [3.63, 3.8) is 0 Å². The number of hydrogen-bond acceptors (Lipinski definition) is 3. The van der Waals surface area contributed by atoms with E-state index in [1.54, 1.807) is 6.08 Å². The van der Waals surface area contributed by atoms with Crippen LogP contribution in [0.3, 0.4) is 0 Å². The van der Waals surface area contributed by atoms with E-state index in [-0.39, 0.29) is 5.57 Å². The third-order valence-corrected chi connectivity index (χ3v) is 5.15. The summed E-state index contributed by atoms with van der Waals surface area (Å²) in [6.07, 6.45) is 11.6. The zero-order valence-corrected chi connectivity index (χ0v) is 15.1. The Bertz CT molecular complexity index is 970. The number of H-pyrrole nitrogens is 1. The average Bonchev–Trinajstić information content (AvgIpc) is 3.09. The van der Waals surface area contributed by atoms with Gasteiger partial charge in [-0.3, -0.25) is 0 Å². The number of nitrogens with one attached hydrogen (secondary N) is 2. The Balaban J connectivity index is 1.68. The first-order chi connectivity index (χ1) is 13.2. The predicted molar refractivity (Wildman–Crippen MR) is 109 cm³/mol. The van der Waals surface area contributed by atoms with Gasteiger partial charge in [0, 0.05) is 23.2 Å². The molecular formula is C22H23N3O2. The molecule has 0 radical (unpaired) electrons. The molecule has 0 saturated heterocycles. The van der Waals surface area contributed by atoms with E-state index in [9.17, 15) is 9.90 Å². The van der Waals surface area contributed by atoms with Crippen LogP contribution < -0.4 is 5.32 Å². The summed E-state index contributed by atoms with van der Waals surface area (Å²) in [6, 6.07) is 11.7. The molecule has 0 atom stereocenters. The molecule has 0 bridgehead atoms. The summed E-state index contributed by atoms with van der Waals surface area (Å²) in [6.45, 7) is 0. The van der Waals surface area contributed by atoms with E-state index in [1.165, 1.54) is 32.1 Å². The summed E-state index contributed by atoms with van der Waals surface area (Å²) in [7, 11) is 0. The number of rotatable bonds is 5. The molecule has 2 heterocycles. The number of hydrogen-bond donors (Lipinski definition) is 3. The van der Waals surface area contributed by atoms with E-state index in [0.29, 0.717) is 11.6 Å². The third-order valence-electron chi connectivity index (χ3n) is 5.15. The van der Waals surface area contributed by atoms with Crippen LogP contribution in [-0.4, -0.2) is 27.1 Å². The predicted octanol–water partition coefficient (Wildman–Crippen LogP) is 4.93. The highest BCUT2D eigenvalue weighted by Crippen LogP contribution is 2.27. The number of carboxylic acid groups (broad SMARTS) is 1. The Hall–Kier alpha value is -3.08. The fourth-order valence-corrected chi connectivity index (χ4v) is 3.75. The highest BCUT2D eigenvalue weighted by molar-refractivity contribution is 6.21. The molecule has 27 heavy (non-hydrogen) atoms. The van der Waals surface area contributed by atoms with Crippen LogP contribution in [-0.2, 0) is 4.79 Å². The number of carboxylic acids is 1. The second-order valence-corrected chi connectivity index (χ2v) is 7.07. The molecule has 1 fully saturated rings. The molecule has 5 nitrogen and oxygen atoms in total. The Morgan fingerprint density at radius 3 is 2.70 bits per heavy atom. The quantitative estimate of drug-likeness (QED) is 0.563. The van der Waals surface area contributed by atoms with Gasteiger partial charge in [0.05, 0.1) is 17.5 Å². The van der Waals surface area contributed by atoms with Gasteiger partial charge in [-0.2, -0.15) is 0 Å². The van der Waals surface area contributed by atoms with Gasteiger partial charge in [-0.15, -0.1) is 0 Å². The van der Waals surface area contributed by atoms with Gasteiger partial charge in [0.25, 0.3) is 0 Å². The van der Waals surface area contributed by atoms with Crippen LogP contribution in [0.2, 0.25) is 0 Å². The first-order valence-electron chi connectivity index (χ1n) is 9.45. The number of carbonyl (C=O) groups is 1. The number of anilines is 1. The number of benzene rings is 1. The first kappa shape index (κ1) is 17.3. The fourth-order valence-electron chi connectivity index (χ4n) is 3.75. The van der Waals surface area contributed by atoms with Crippen LogP contribution in [0.15, 0.2) is 48.8 Å². The van der Waals surface area contributed by atoms with Crippen molar-refractivity contribution in [1.29, 1.82) is 0 Å². The van der Waals surface area contributed by atoms with Gasteiger partial charge in [0.2, 0.25) is 0 Å². The van der Waals surface area contributed by atoms with Crippen molar-refractivity contribution in [3.8, 4) is 0 Å². The largest absolute Gasteiger partial charge is 0.478 e. The van der Waals surface area contributed by atoms with E-state index in [0.717, 1.165) is 22.3 Å². The number of aliphatic carboxylic acids is 1. The smallest absolute Gasteiger partial charge is 0.336 e. The molecule has 138 valence electrons. The first-order valence-corrected chi connectivity index (χ1v) is 9.45. The Labute approximate surface area is 158 Å². The fraction of sp³-hybridized carbons (Fsp3) is 0.273. The molecule has 3 N–H and O–H groups in total. The minimum Gasteiger partial charge on any atom is -0.478 e. The number of fused-ring (bicyclic) bond motifs is 1. The third kappa shape index (κ3) is 3.87. The lowest BCUT2D eigenvalue weighted by atomic mass is 9.95. The van der Waals surface area contributed by atoms with Crippen molar-refractivity contribution in [1.82, 2.24) is 9.97 Å². The minimum absolute atomic E-state index is 0.266. The number of aromatic nitrogens is 2. The molecule has 0 spiro atoms. The molecule has 1 aromatic carbocycles. The number of pyridine rings is 1. The van der Waals surface area contributed by atoms with E-state index in [4.69, 9.17) is 0 Å². The standard InChI is InChI=1S/C22H23N3O2/c26-22(27)20(15-7-3-1-4-8-15)11-16-13-23-21-19(16)12-18(14-24-21)25-17-9-5-2-6-10-17/h1,3-4,7-8,11-14,17,25H,2,5-6,9-10H2,(H,23,24)(H,26,27).